The Kier molecular flexibility index (Phi) is 4.50. The third-order valence-electron chi connectivity index (χ3n) is 4.22. The van der Waals surface area contributed by atoms with Crippen LogP contribution in [0.15, 0.2) is 40.6 Å². The van der Waals surface area contributed by atoms with Gasteiger partial charge in [0.05, 0.1) is 10.9 Å². The number of amides is 1. The summed E-state index contributed by atoms with van der Waals surface area (Å²) in [6.07, 6.45) is 0.665. The molecule has 1 N–H and O–H groups in total. The van der Waals surface area contributed by atoms with Crippen LogP contribution in [0.5, 0.6) is 0 Å². The topological polar surface area (TPSA) is 66.5 Å². The molecule has 3 rings (SSSR count). The number of nitrogens with one attached hydrogen (secondary N) is 1. The number of benzene rings is 1. The Morgan fingerprint density at radius 1 is 1.38 bits per heavy atom. The summed E-state index contributed by atoms with van der Waals surface area (Å²) in [4.78, 5) is 14.7. The first kappa shape index (κ1) is 17.1. The fraction of sp³-hybridized carbons (Fsp3) is 0.353. The molecule has 2 atom stereocenters. The van der Waals surface area contributed by atoms with Crippen molar-refractivity contribution in [2.75, 3.05) is 4.90 Å². The number of fused-ring (bicyclic) bond motifs is 1. The lowest BCUT2D eigenvalue weighted by atomic mass is 10.1. The normalized spacial score (nSPS) is 18.5. The van der Waals surface area contributed by atoms with Gasteiger partial charge in [-0.25, -0.2) is 13.1 Å². The van der Waals surface area contributed by atoms with Crippen molar-refractivity contribution in [2.45, 2.75) is 44.2 Å². The number of hydrogen-bond acceptors (Lipinski definition) is 4. The van der Waals surface area contributed by atoms with Crippen molar-refractivity contribution in [3.8, 4) is 0 Å². The predicted molar refractivity (Wildman–Crippen MR) is 95.8 cm³/mol. The van der Waals surface area contributed by atoms with Gasteiger partial charge in [-0.15, -0.1) is 11.3 Å². The van der Waals surface area contributed by atoms with Crippen LogP contribution in [0.3, 0.4) is 0 Å². The third-order valence-corrected chi connectivity index (χ3v) is 6.81. The van der Waals surface area contributed by atoms with Gasteiger partial charge in [0.25, 0.3) is 0 Å². The van der Waals surface area contributed by atoms with E-state index in [1.54, 1.807) is 23.1 Å². The van der Waals surface area contributed by atoms with Crippen molar-refractivity contribution in [2.24, 2.45) is 0 Å². The molecule has 0 aliphatic carbocycles. The van der Waals surface area contributed by atoms with E-state index in [0.29, 0.717) is 6.42 Å². The zero-order valence-corrected chi connectivity index (χ0v) is 15.4. The molecule has 1 aromatic heterocycles. The third kappa shape index (κ3) is 3.11. The molecule has 7 heteroatoms. The van der Waals surface area contributed by atoms with Crippen LogP contribution in [-0.2, 0) is 21.2 Å². The van der Waals surface area contributed by atoms with Crippen LogP contribution in [0.2, 0.25) is 0 Å². The molecular formula is C17H20N2O3S2. The molecule has 2 aromatic rings. The van der Waals surface area contributed by atoms with Gasteiger partial charge in [-0.3, -0.25) is 4.79 Å². The SMILES string of the molecule is CC(=O)N1c2ccc(S(=O)(=O)N[C@H](C)c3cccs3)cc2C[C@H]1C. The first-order valence-electron chi connectivity index (χ1n) is 7.78. The van der Waals surface area contributed by atoms with Crippen molar-refractivity contribution in [3.05, 3.63) is 46.2 Å². The fourth-order valence-corrected chi connectivity index (χ4v) is 5.23. The van der Waals surface area contributed by atoms with Crippen LogP contribution in [0.25, 0.3) is 0 Å². The second-order valence-corrected chi connectivity index (χ2v) is 8.78. The van der Waals surface area contributed by atoms with Gasteiger partial charge < -0.3 is 4.90 Å². The fourth-order valence-electron chi connectivity index (χ4n) is 3.15. The summed E-state index contributed by atoms with van der Waals surface area (Å²) in [7, 11) is -3.61. The maximum atomic E-state index is 12.6. The van der Waals surface area contributed by atoms with E-state index in [1.165, 1.54) is 18.3 Å². The van der Waals surface area contributed by atoms with E-state index in [0.717, 1.165) is 16.1 Å². The second kappa shape index (κ2) is 6.31. The van der Waals surface area contributed by atoms with E-state index < -0.39 is 10.0 Å². The van der Waals surface area contributed by atoms with Gasteiger partial charge in [0.15, 0.2) is 0 Å². The maximum Gasteiger partial charge on any atom is 0.241 e. The highest BCUT2D eigenvalue weighted by Gasteiger charge is 2.30. The van der Waals surface area contributed by atoms with Crippen molar-refractivity contribution in [3.63, 3.8) is 0 Å². The Hall–Kier alpha value is -1.70. The molecule has 1 aliphatic rings. The first-order valence-corrected chi connectivity index (χ1v) is 10.1. The molecule has 0 bridgehead atoms. The van der Waals surface area contributed by atoms with Crippen LogP contribution >= 0.6 is 11.3 Å². The largest absolute Gasteiger partial charge is 0.309 e. The minimum atomic E-state index is -3.61. The molecule has 2 heterocycles. The molecule has 0 saturated carbocycles. The number of sulfonamides is 1. The molecule has 5 nitrogen and oxygen atoms in total. The van der Waals surface area contributed by atoms with Gasteiger partial charge >= 0.3 is 0 Å². The van der Waals surface area contributed by atoms with E-state index in [4.69, 9.17) is 0 Å². The van der Waals surface area contributed by atoms with Crippen molar-refractivity contribution in [1.82, 2.24) is 4.72 Å². The van der Waals surface area contributed by atoms with Gasteiger partial charge in [-0.05, 0) is 55.5 Å². The summed E-state index contributed by atoms with van der Waals surface area (Å²) in [5.74, 6) is -0.0266. The average Bonchev–Trinajstić information content (AvgIpc) is 3.12. The Balaban J connectivity index is 1.88. The van der Waals surface area contributed by atoms with E-state index in [1.807, 2.05) is 31.4 Å². The summed E-state index contributed by atoms with van der Waals surface area (Å²) in [5, 5.41) is 1.92. The standard InChI is InChI=1S/C17H20N2O3S2/c1-11-9-14-10-15(6-7-16(14)19(11)13(3)20)24(21,22)18-12(2)17-5-4-8-23-17/h4-8,10-12,18H,9H2,1-3H3/t11-,12-/m1/s1. The summed E-state index contributed by atoms with van der Waals surface area (Å²) in [6.45, 7) is 5.32. The number of carbonyl (C=O) groups excluding carboxylic acids is 1. The molecule has 0 unspecified atom stereocenters. The van der Waals surface area contributed by atoms with Crippen LogP contribution in [0.1, 0.15) is 37.3 Å². The lowest BCUT2D eigenvalue weighted by Gasteiger charge is -2.20. The highest BCUT2D eigenvalue weighted by Crippen LogP contribution is 2.34. The number of hydrogen-bond donors (Lipinski definition) is 1. The number of anilines is 1. The van der Waals surface area contributed by atoms with Gasteiger partial charge in [0.1, 0.15) is 0 Å². The quantitative estimate of drug-likeness (QED) is 0.907. The minimum absolute atomic E-state index is 0.0266. The predicted octanol–water partition coefficient (Wildman–Crippen LogP) is 3.09. The van der Waals surface area contributed by atoms with E-state index >= 15 is 0 Å². The summed E-state index contributed by atoms with van der Waals surface area (Å²) in [6, 6.07) is 8.55. The summed E-state index contributed by atoms with van der Waals surface area (Å²) in [5.41, 5.74) is 1.70. The number of carbonyl (C=O) groups is 1. The highest BCUT2D eigenvalue weighted by atomic mass is 32.2. The molecule has 24 heavy (non-hydrogen) atoms. The Morgan fingerprint density at radius 3 is 2.75 bits per heavy atom. The molecule has 1 amide bonds. The maximum absolute atomic E-state index is 12.6. The Labute approximate surface area is 146 Å². The molecule has 1 aliphatic heterocycles. The Morgan fingerprint density at radius 2 is 2.12 bits per heavy atom. The summed E-state index contributed by atoms with van der Waals surface area (Å²) < 4.78 is 28.0. The van der Waals surface area contributed by atoms with Gasteiger partial charge in [-0.1, -0.05) is 6.07 Å². The number of thiophene rings is 1. The molecule has 128 valence electrons. The zero-order valence-electron chi connectivity index (χ0n) is 13.8. The van der Waals surface area contributed by atoms with Gasteiger partial charge in [0, 0.05) is 23.5 Å². The average molecular weight is 364 g/mol. The van der Waals surface area contributed by atoms with Gasteiger partial charge in [0.2, 0.25) is 15.9 Å². The molecule has 0 saturated heterocycles. The second-order valence-electron chi connectivity index (χ2n) is 6.09. The van der Waals surface area contributed by atoms with Crippen LogP contribution < -0.4 is 9.62 Å². The smallest absolute Gasteiger partial charge is 0.241 e. The Bertz CT molecular complexity index is 860. The van der Waals surface area contributed by atoms with E-state index in [-0.39, 0.29) is 22.9 Å². The van der Waals surface area contributed by atoms with Crippen molar-refractivity contribution in [1.29, 1.82) is 0 Å². The molecular weight excluding hydrogens is 344 g/mol. The lowest BCUT2D eigenvalue weighted by molar-refractivity contribution is -0.116. The monoisotopic (exact) mass is 364 g/mol. The van der Waals surface area contributed by atoms with Crippen LogP contribution in [0, 0.1) is 0 Å². The highest BCUT2D eigenvalue weighted by molar-refractivity contribution is 7.89. The summed E-state index contributed by atoms with van der Waals surface area (Å²) >= 11 is 1.52. The van der Waals surface area contributed by atoms with E-state index in [9.17, 15) is 13.2 Å². The van der Waals surface area contributed by atoms with E-state index in [2.05, 4.69) is 4.72 Å². The minimum Gasteiger partial charge on any atom is -0.309 e. The number of rotatable bonds is 4. The van der Waals surface area contributed by atoms with Crippen LogP contribution in [-0.4, -0.2) is 20.4 Å². The molecule has 0 spiro atoms. The first-order chi connectivity index (χ1) is 11.3. The molecule has 0 fully saturated rings. The van der Waals surface area contributed by atoms with Crippen LogP contribution in [0.4, 0.5) is 5.69 Å². The van der Waals surface area contributed by atoms with Crippen molar-refractivity contribution < 1.29 is 13.2 Å². The lowest BCUT2D eigenvalue weighted by Crippen LogP contribution is -2.33. The van der Waals surface area contributed by atoms with Crippen molar-refractivity contribution >= 4 is 33.0 Å². The zero-order chi connectivity index (χ0) is 17.5. The molecule has 1 aromatic carbocycles. The van der Waals surface area contributed by atoms with Gasteiger partial charge in [-0.2, -0.15) is 0 Å². The molecule has 0 radical (unpaired) electrons. The number of nitrogens with zero attached hydrogens (tertiary/aromatic N) is 1.